The Balaban J connectivity index is 2.47. The van der Waals surface area contributed by atoms with Crippen LogP contribution in [0.1, 0.15) is 22.8 Å². The summed E-state index contributed by atoms with van der Waals surface area (Å²) in [5.41, 5.74) is 3.63. The van der Waals surface area contributed by atoms with Crippen LogP contribution in [0.15, 0.2) is 34.6 Å². The second kappa shape index (κ2) is 7.04. The second-order valence-corrected chi connectivity index (χ2v) is 5.35. The van der Waals surface area contributed by atoms with Crippen LogP contribution in [0.4, 0.5) is 5.00 Å². The van der Waals surface area contributed by atoms with E-state index in [9.17, 15) is 4.79 Å². The summed E-state index contributed by atoms with van der Waals surface area (Å²) in [6.45, 7) is 4.19. The lowest BCUT2D eigenvalue weighted by Crippen LogP contribution is -2.08. The van der Waals surface area contributed by atoms with Gasteiger partial charge in [-0.05, 0) is 19.4 Å². The number of aliphatic imine (C=N–C) groups is 1. The molecule has 21 heavy (non-hydrogen) atoms. The van der Waals surface area contributed by atoms with Gasteiger partial charge in [0.25, 0.3) is 0 Å². The van der Waals surface area contributed by atoms with Crippen LogP contribution in [0.5, 0.6) is 0 Å². The lowest BCUT2D eigenvalue weighted by Gasteiger charge is -2.07. The third-order valence-corrected chi connectivity index (χ3v) is 3.87. The molecule has 2 aromatic rings. The van der Waals surface area contributed by atoms with Crippen LogP contribution in [-0.4, -0.2) is 26.0 Å². The van der Waals surface area contributed by atoms with E-state index < -0.39 is 0 Å². The van der Waals surface area contributed by atoms with E-state index in [0.29, 0.717) is 12.2 Å². The molecule has 4 nitrogen and oxygen atoms in total. The number of esters is 1. The van der Waals surface area contributed by atoms with Gasteiger partial charge in [0.05, 0.1) is 12.9 Å². The first-order valence-corrected chi connectivity index (χ1v) is 7.58. The van der Waals surface area contributed by atoms with Gasteiger partial charge in [-0.3, -0.25) is 4.99 Å². The Morgan fingerprint density at radius 3 is 2.71 bits per heavy atom. The van der Waals surface area contributed by atoms with Crippen LogP contribution in [0.25, 0.3) is 11.1 Å². The molecular formula is C16H18N2O2S. The molecule has 0 bridgehead atoms. The van der Waals surface area contributed by atoms with Crippen molar-refractivity contribution in [3.8, 4) is 11.1 Å². The molecule has 0 radical (unpaired) electrons. The SMILES string of the molecule is CCOC(=O)c1c(-c2ccc(C)cc2)csc1NC=NC. The van der Waals surface area contributed by atoms with Crippen molar-refractivity contribution in [3.63, 3.8) is 0 Å². The Morgan fingerprint density at radius 1 is 1.38 bits per heavy atom. The average molecular weight is 302 g/mol. The molecule has 0 aliphatic carbocycles. The molecule has 0 amide bonds. The van der Waals surface area contributed by atoms with E-state index in [0.717, 1.165) is 16.1 Å². The van der Waals surface area contributed by atoms with Gasteiger partial charge < -0.3 is 10.1 Å². The molecule has 0 fully saturated rings. The molecule has 0 unspecified atom stereocenters. The van der Waals surface area contributed by atoms with Crippen molar-refractivity contribution >= 4 is 28.6 Å². The summed E-state index contributed by atoms with van der Waals surface area (Å²) in [5.74, 6) is -0.318. The van der Waals surface area contributed by atoms with E-state index in [2.05, 4.69) is 10.3 Å². The summed E-state index contributed by atoms with van der Waals surface area (Å²) in [6.07, 6.45) is 1.56. The first-order chi connectivity index (χ1) is 10.2. The Morgan fingerprint density at radius 2 is 2.10 bits per heavy atom. The molecule has 0 saturated carbocycles. The average Bonchev–Trinajstić information content (AvgIpc) is 2.90. The summed E-state index contributed by atoms with van der Waals surface area (Å²) in [4.78, 5) is 16.1. The molecule has 1 aromatic heterocycles. The zero-order valence-electron chi connectivity index (χ0n) is 12.3. The van der Waals surface area contributed by atoms with Gasteiger partial charge in [-0.1, -0.05) is 29.8 Å². The van der Waals surface area contributed by atoms with E-state index in [1.54, 1.807) is 20.3 Å². The number of rotatable bonds is 5. The number of nitrogens with zero attached hydrogens (tertiary/aromatic N) is 1. The summed E-state index contributed by atoms with van der Waals surface area (Å²) in [6, 6.07) is 8.08. The summed E-state index contributed by atoms with van der Waals surface area (Å²) in [5, 5.41) is 5.74. The maximum absolute atomic E-state index is 12.3. The first-order valence-electron chi connectivity index (χ1n) is 6.70. The number of thiophene rings is 1. The molecule has 2 rings (SSSR count). The maximum Gasteiger partial charge on any atom is 0.341 e. The Kier molecular flexibility index (Phi) is 5.11. The minimum absolute atomic E-state index is 0.318. The minimum atomic E-state index is -0.318. The zero-order valence-corrected chi connectivity index (χ0v) is 13.2. The van der Waals surface area contributed by atoms with Crippen LogP contribution in [0.3, 0.4) is 0 Å². The highest BCUT2D eigenvalue weighted by Gasteiger charge is 2.20. The molecule has 0 aliphatic rings. The third kappa shape index (κ3) is 3.49. The standard InChI is InChI=1S/C16H18N2O2S/c1-4-20-16(19)14-13(9-21-15(14)18-10-17-3)12-7-5-11(2)6-8-12/h5-10H,4H2,1-3H3,(H,17,18). The van der Waals surface area contributed by atoms with Gasteiger partial charge in [-0.2, -0.15) is 0 Å². The highest BCUT2D eigenvalue weighted by Crippen LogP contribution is 2.36. The molecule has 0 spiro atoms. The molecule has 0 aliphatic heterocycles. The summed E-state index contributed by atoms with van der Waals surface area (Å²) < 4.78 is 5.18. The number of ether oxygens (including phenoxy) is 1. The quantitative estimate of drug-likeness (QED) is 0.516. The van der Waals surface area contributed by atoms with Crippen molar-refractivity contribution in [3.05, 3.63) is 40.8 Å². The highest BCUT2D eigenvalue weighted by atomic mass is 32.1. The molecular weight excluding hydrogens is 284 g/mol. The van der Waals surface area contributed by atoms with Crippen LogP contribution in [0, 0.1) is 6.92 Å². The molecule has 1 heterocycles. The molecule has 110 valence electrons. The van der Waals surface area contributed by atoms with Crippen molar-refractivity contribution in [2.45, 2.75) is 13.8 Å². The number of nitrogens with one attached hydrogen (secondary N) is 1. The van der Waals surface area contributed by atoms with E-state index >= 15 is 0 Å². The molecule has 1 N–H and O–H groups in total. The van der Waals surface area contributed by atoms with Gasteiger partial charge in [-0.15, -0.1) is 11.3 Å². The van der Waals surface area contributed by atoms with Gasteiger partial charge >= 0.3 is 5.97 Å². The van der Waals surface area contributed by atoms with Gasteiger partial charge in [0.2, 0.25) is 0 Å². The number of hydrogen-bond acceptors (Lipinski definition) is 4. The second-order valence-electron chi connectivity index (χ2n) is 4.47. The van der Waals surface area contributed by atoms with Crippen molar-refractivity contribution in [2.75, 3.05) is 19.0 Å². The number of benzene rings is 1. The van der Waals surface area contributed by atoms with Crippen molar-refractivity contribution in [1.29, 1.82) is 0 Å². The molecule has 0 saturated heterocycles. The van der Waals surface area contributed by atoms with Gasteiger partial charge in [0.1, 0.15) is 10.6 Å². The molecule has 1 aromatic carbocycles. The lowest BCUT2D eigenvalue weighted by molar-refractivity contribution is 0.0529. The maximum atomic E-state index is 12.3. The fourth-order valence-corrected chi connectivity index (χ4v) is 2.86. The van der Waals surface area contributed by atoms with E-state index in [-0.39, 0.29) is 5.97 Å². The highest BCUT2D eigenvalue weighted by molar-refractivity contribution is 7.15. The van der Waals surface area contributed by atoms with Gasteiger partial charge in [0, 0.05) is 18.0 Å². The summed E-state index contributed by atoms with van der Waals surface area (Å²) in [7, 11) is 1.67. The predicted octanol–water partition coefficient (Wildman–Crippen LogP) is 3.97. The number of hydrogen-bond donors (Lipinski definition) is 1. The van der Waals surface area contributed by atoms with Crippen LogP contribution in [-0.2, 0) is 4.74 Å². The van der Waals surface area contributed by atoms with Gasteiger partial charge in [-0.25, -0.2) is 4.79 Å². The zero-order chi connectivity index (χ0) is 15.2. The van der Waals surface area contributed by atoms with Crippen LogP contribution in [0.2, 0.25) is 0 Å². The lowest BCUT2D eigenvalue weighted by atomic mass is 10.0. The monoisotopic (exact) mass is 302 g/mol. The Labute approximate surface area is 128 Å². The summed E-state index contributed by atoms with van der Waals surface area (Å²) >= 11 is 1.47. The smallest absolute Gasteiger partial charge is 0.341 e. The topological polar surface area (TPSA) is 50.7 Å². The number of anilines is 1. The van der Waals surface area contributed by atoms with Crippen molar-refractivity contribution < 1.29 is 9.53 Å². The molecule has 5 heteroatoms. The van der Waals surface area contributed by atoms with E-state index in [1.165, 1.54) is 16.9 Å². The number of aryl methyl sites for hydroxylation is 1. The number of carbonyl (C=O) groups is 1. The van der Waals surface area contributed by atoms with Crippen molar-refractivity contribution in [2.24, 2.45) is 4.99 Å². The van der Waals surface area contributed by atoms with E-state index in [1.807, 2.05) is 36.6 Å². The first kappa shape index (κ1) is 15.3. The Bertz CT molecular complexity index is 645. The number of carbonyl (C=O) groups excluding carboxylic acids is 1. The third-order valence-electron chi connectivity index (χ3n) is 2.96. The normalized spacial score (nSPS) is 10.8. The van der Waals surface area contributed by atoms with E-state index in [4.69, 9.17) is 4.74 Å². The fourth-order valence-electron chi connectivity index (χ4n) is 1.94. The van der Waals surface area contributed by atoms with Crippen LogP contribution < -0.4 is 5.32 Å². The van der Waals surface area contributed by atoms with Crippen molar-refractivity contribution in [1.82, 2.24) is 0 Å². The van der Waals surface area contributed by atoms with Gasteiger partial charge in [0.15, 0.2) is 0 Å². The molecule has 0 atom stereocenters. The predicted molar refractivity (Wildman–Crippen MR) is 88.5 cm³/mol. The Hall–Kier alpha value is -2.14. The minimum Gasteiger partial charge on any atom is -0.462 e. The fraction of sp³-hybridized carbons (Fsp3) is 0.250. The van der Waals surface area contributed by atoms with Crippen LogP contribution >= 0.6 is 11.3 Å². The largest absolute Gasteiger partial charge is 0.462 e.